The Morgan fingerprint density at radius 1 is 1.27 bits per heavy atom. The third-order valence-electron chi connectivity index (χ3n) is 3.85. The molecular formula is C18H19N3O4S. The number of H-pyrrole nitrogens is 1. The van der Waals surface area contributed by atoms with Gasteiger partial charge in [0.1, 0.15) is 22.0 Å². The minimum absolute atomic E-state index is 0.191. The first-order valence-corrected chi connectivity index (χ1v) is 8.88. The lowest BCUT2D eigenvalue weighted by Gasteiger charge is -2.21. The van der Waals surface area contributed by atoms with Crippen LogP contribution in [-0.2, 0) is 11.3 Å². The van der Waals surface area contributed by atoms with Crippen molar-refractivity contribution in [2.24, 2.45) is 0 Å². The van der Waals surface area contributed by atoms with Gasteiger partial charge in [0, 0.05) is 7.05 Å². The van der Waals surface area contributed by atoms with Gasteiger partial charge in [0.05, 0.1) is 19.2 Å². The van der Waals surface area contributed by atoms with Crippen molar-refractivity contribution in [2.75, 3.05) is 14.2 Å². The number of hydrogen-bond acceptors (Lipinski definition) is 6. The molecule has 2 heterocycles. The fourth-order valence-corrected chi connectivity index (χ4v) is 3.24. The van der Waals surface area contributed by atoms with Crippen LogP contribution in [0.4, 0.5) is 0 Å². The third kappa shape index (κ3) is 3.85. The molecule has 136 valence electrons. The van der Waals surface area contributed by atoms with Gasteiger partial charge in [0.2, 0.25) is 0 Å². The molecule has 0 radical (unpaired) electrons. The van der Waals surface area contributed by atoms with Crippen LogP contribution in [0.5, 0.6) is 11.5 Å². The number of aromatic amines is 1. The van der Waals surface area contributed by atoms with E-state index >= 15 is 0 Å². The van der Waals surface area contributed by atoms with Gasteiger partial charge in [-0.1, -0.05) is 0 Å². The number of rotatable bonds is 6. The smallest absolute Gasteiger partial charge is 0.268 e. The van der Waals surface area contributed by atoms with E-state index in [0.717, 1.165) is 0 Å². The van der Waals surface area contributed by atoms with Crippen LogP contribution in [0, 0.1) is 0 Å². The molecule has 1 amide bonds. The second-order valence-electron chi connectivity index (χ2n) is 5.78. The van der Waals surface area contributed by atoms with Crippen LogP contribution in [0.1, 0.15) is 12.7 Å². The molecule has 26 heavy (non-hydrogen) atoms. The Morgan fingerprint density at radius 3 is 2.65 bits per heavy atom. The van der Waals surface area contributed by atoms with Crippen LogP contribution in [0.25, 0.3) is 10.2 Å². The second kappa shape index (κ2) is 7.57. The highest BCUT2D eigenvalue weighted by Crippen LogP contribution is 2.19. The Balaban J connectivity index is 1.66. The molecule has 0 bridgehead atoms. The summed E-state index contributed by atoms with van der Waals surface area (Å²) in [4.78, 5) is 33.1. The zero-order chi connectivity index (χ0) is 18.7. The van der Waals surface area contributed by atoms with Crippen LogP contribution < -0.4 is 15.0 Å². The van der Waals surface area contributed by atoms with Gasteiger partial charge in [0.25, 0.3) is 11.5 Å². The summed E-state index contributed by atoms with van der Waals surface area (Å²) < 4.78 is 11.4. The molecule has 1 unspecified atom stereocenters. The van der Waals surface area contributed by atoms with Crippen LogP contribution >= 0.6 is 11.3 Å². The van der Waals surface area contributed by atoms with E-state index in [1.165, 1.54) is 16.2 Å². The monoisotopic (exact) mass is 373 g/mol. The number of fused-ring (bicyclic) bond motifs is 1. The number of carbonyl (C=O) groups excluding carboxylic acids is 1. The zero-order valence-corrected chi connectivity index (χ0v) is 15.5. The average molecular weight is 373 g/mol. The zero-order valence-electron chi connectivity index (χ0n) is 14.7. The van der Waals surface area contributed by atoms with Crippen LogP contribution in [-0.4, -0.2) is 41.0 Å². The number of methoxy groups -OCH3 is 1. The molecule has 0 aliphatic heterocycles. The number of likely N-dealkylation sites (N-methyl/N-ethyl adjacent to an activating group) is 1. The maximum atomic E-state index is 12.5. The van der Waals surface area contributed by atoms with Crippen molar-refractivity contribution in [3.05, 3.63) is 51.9 Å². The molecule has 3 aromatic rings. The van der Waals surface area contributed by atoms with Crippen molar-refractivity contribution in [3.8, 4) is 11.5 Å². The van der Waals surface area contributed by atoms with E-state index in [-0.39, 0.29) is 18.0 Å². The van der Waals surface area contributed by atoms with Crippen molar-refractivity contribution < 1.29 is 14.3 Å². The summed E-state index contributed by atoms with van der Waals surface area (Å²) in [5, 5.41) is 1.82. The largest absolute Gasteiger partial charge is 0.497 e. The van der Waals surface area contributed by atoms with Crippen molar-refractivity contribution >= 4 is 27.5 Å². The molecule has 8 heteroatoms. The third-order valence-corrected chi connectivity index (χ3v) is 4.75. The van der Waals surface area contributed by atoms with E-state index in [4.69, 9.17) is 9.47 Å². The summed E-state index contributed by atoms with van der Waals surface area (Å²) >= 11 is 1.34. The molecule has 7 nitrogen and oxygen atoms in total. The summed E-state index contributed by atoms with van der Waals surface area (Å²) in [6.07, 6.45) is -0.676. The number of thiophene rings is 1. The Hall–Kier alpha value is -2.87. The second-order valence-corrected chi connectivity index (χ2v) is 6.69. The Morgan fingerprint density at radius 2 is 1.96 bits per heavy atom. The fourth-order valence-electron chi connectivity index (χ4n) is 2.52. The highest BCUT2D eigenvalue weighted by molar-refractivity contribution is 7.17. The summed E-state index contributed by atoms with van der Waals surface area (Å²) in [5.74, 6) is 1.51. The highest BCUT2D eigenvalue weighted by Gasteiger charge is 2.20. The Bertz CT molecular complexity index is 964. The van der Waals surface area contributed by atoms with Crippen molar-refractivity contribution in [1.82, 2.24) is 14.9 Å². The standard InChI is InChI=1S/C18H19N3O4S/c1-11(25-13-6-4-12(24-3)5-7-13)18(23)21(2)10-15-19-14-8-9-26-16(14)17(22)20-15/h4-9,11H,10H2,1-3H3,(H,19,20,22). The number of carbonyl (C=O) groups is 1. The molecule has 1 atom stereocenters. The quantitative estimate of drug-likeness (QED) is 0.717. The lowest BCUT2D eigenvalue weighted by atomic mass is 10.3. The molecule has 1 N–H and O–H groups in total. The van der Waals surface area contributed by atoms with Gasteiger partial charge >= 0.3 is 0 Å². The number of benzene rings is 1. The number of hydrogen-bond donors (Lipinski definition) is 1. The first-order chi connectivity index (χ1) is 12.5. The number of nitrogens with zero attached hydrogens (tertiary/aromatic N) is 2. The Kier molecular flexibility index (Phi) is 5.22. The van der Waals surface area contributed by atoms with E-state index in [2.05, 4.69) is 9.97 Å². The summed E-state index contributed by atoms with van der Waals surface area (Å²) in [7, 11) is 3.23. The van der Waals surface area contributed by atoms with E-state index in [9.17, 15) is 9.59 Å². The van der Waals surface area contributed by atoms with E-state index in [0.29, 0.717) is 27.5 Å². The normalized spacial score (nSPS) is 12.0. The molecule has 0 spiro atoms. The van der Waals surface area contributed by atoms with Gasteiger partial charge in [-0.25, -0.2) is 4.98 Å². The molecule has 0 saturated carbocycles. The van der Waals surface area contributed by atoms with Gasteiger partial charge < -0.3 is 19.4 Å². The van der Waals surface area contributed by atoms with E-state index < -0.39 is 6.10 Å². The summed E-state index contributed by atoms with van der Waals surface area (Å²) in [5.41, 5.74) is 0.445. The number of ether oxygens (including phenoxy) is 2. The fraction of sp³-hybridized carbons (Fsp3) is 0.278. The minimum atomic E-state index is -0.676. The Labute approximate surface area is 154 Å². The first-order valence-electron chi connectivity index (χ1n) is 8.00. The van der Waals surface area contributed by atoms with Gasteiger partial charge in [-0.2, -0.15) is 0 Å². The average Bonchev–Trinajstić information content (AvgIpc) is 3.10. The number of nitrogens with one attached hydrogen (secondary N) is 1. The summed E-state index contributed by atoms with van der Waals surface area (Å²) in [6, 6.07) is 8.80. The molecule has 2 aromatic heterocycles. The van der Waals surface area contributed by atoms with E-state index in [1.54, 1.807) is 51.4 Å². The molecule has 1 aromatic carbocycles. The molecular weight excluding hydrogens is 354 g/mol. The molecule has 0 saturated heterocycles. The lowest BCUT2D eigenvalue weighted by Crippen LogP contribution is -2.38. The molecule has 3 rings (SSSR count). The first kappa shape index (κ1) is 17.9. The van der Waals surface area contributed by atoms with Crippen LogP contribution in [0.15, 0.2) is 40.5 Å². The predicted molar refractivity (Wildman–Crippen MR) is 99.8 cm³/mol. The molecule has 0 aliphatic carbocycles. The van der Waals surface area contributed by atoms with E-state index in [1.807, 2.05) is 5.38 Å². The van der Waals surface area contributed by atoms with Crippen molar-refractivity contribution in [2.45, 2.75) is 19.6 Å². The maximum Gasteiger partial charge on any atom is 0.268 e. The van der Waals surface area contributed by atoms with Gasteiger partial charge in [0.15, 0.2) is 6.10 Å². The van der Waals surface area contributed by atoms with Crippen molar-refractivity contribution in [3.63, 3.8) is 0 Å². The maximum absolute atomic E-state index is 12.5. The summed E-state index contributed by atoms with van der Waals surface area (Å²) in [6.45, 7) is 1.87. The topological polar surface area (TPSA) is 84.5 Å². The predicted octanol–water partition coefficient (Wildman–Crippen LogP) is 2.42. The minimum Gasteiger partial charge on any atom is -0.497 e. The van der Waals surface area contributed by atoms with Crippen molar-refractivity contribution in [1.29, 1.82) is 0 Å². The van der Waals surface area contributed by atoms with Crippen LogP contribution in [0.3, 0.4) is 0 Å². The van der Waals surface area contributed by atoms with Crippen LogP contribution in [0.2, 0.25) is 0 Å². The highest BCUT2D eigenvalue weighted by atomic mass is 32.1. The molecule has 0 aliphatic rings. The lowest BCUT2D eigenvalue weighted by molar-refractivity contribution is -0.137. The SMILES string of the molecule is COc1ccc(OC(C)C(=O)N(C)Cc2nc3ccsc3c(=O)[nH]2)cc1. The number of aromatic nitrogens is 2. The van der Waals surface area contributed by atoms with Gasteiger partial charge in [-0.05, 0) is 42.6 Å². The van der Waals surface area contributed by atoms with Gasteiger partial charge in [-0.15, -0.1) is 11.3 Å². The number of amides is 1. The van der Waals surface area contributed by atoms with Gasteiger partial charge in [-0.3, -0.25) is 9.59 Å². The molecule has 0 fully saturated rings.